The molecule has 7 nitrogen and oxygen atoms in total. The predicted octanol–water partition coefficient (Wildman–Crippen LogP) is 2.60. The van der Waals surface area contributed by atoms with Gasteiger partial charge in [0.15, 0.2) is 17.3 Å². The second kappa shape index (κ2) is 7.00. The summed E-state index contributed by atoms with van der Waals surface area (Å²) in [5, 5.41) is 0. The van der Waals surface area contributed by atoms with E-state index >= 15 is 0 Å². The van der Waals surface area contributed by atoms with Crippen molar-refractivity contribution in [1.29, 1.82) is 0 Å². The molecule has 1 aromatic heterocycles. The van der Waals surface area contributed by atoms with E-state index in [1.165, 1.54) is 34.6 Å². The molecule has 0 saturated carbocycles. The zero-order chi connectivity index (χ0) is 23.4. The van der Waals surface area contributed by atoms with Crippen molar-refractivity contribution < 1.29 is 36.0 Å². The number of allylic oxidation sites excluding steroid dienone is 2. The Hall–Kier alpha value is -2.56. The number of aryl methyl sites for hydroxylation is 1. The van der Waals surface area contributed by atoms with Gasteiger partial charge in [0.1, 0.15) is 5.69 Å². The number of aromatic nitrogens is 1. The van der Waals surface area contributed by atoms with Crippen molar-refractivity contribution in [1.82, 2.24) is 9.71 Å². The van der Waals surface area contributed by atoms with Crippen LogP contribution in [0.5, 0.6) is 0 Å². The number of pyridine rings is 1. The third-order valence-corrected chi connectivity index (χ3v) is 5.52. The smallest absolute Gasteiger partial charge is 0.298 e. The van der Waals surface area contributed by atoms with Crippen LogP contribution >= 0.6 is 0 Å². The summed E-state index contributed by atoms with van der Waals surface area (Å²) in [5.41, 5.74) is -6.03. The van der Waals surface area contributed by atoms with Crippen LogP contribution < -0.4 is 4.72 Å². The third kappa shape index (κ3) is 4.03. The van der Waals surface area contributed by atoms with Crippen LogP contribution in [0, 0.1) is 17.8 Å². The lowest BCUT2D eigenvalue weighted by molar-refractivity contribution is -0.143. The summed E-state index contributed by atoms with van der Waals surface area (Å²) in [7, 11) is -3.99. The molecule has 0 saturated heterocycles. The summed E-state index contributed by atoms with van der Waals surface area (Å²) in [6.45, 7) is 6.51. The number of hydrogen-bond acceptors (Lipinski definition) is 6. The summed E-state index contributed by atoms with van der Waals surface area (Å²) >= 11 is 0. The van der Waals surface area contributed by atoms with E-state index in [-0.39, 0.29) is 11.3 Å². The van der Waals surface area contributed by atoms with E-state index in [0.29, 0.717) is 6.07 Å². The van der Waals surface area contributed by atoms with Gasteiger partial charge in [-0.15, -0.1) is 0 Å². The van der Waals surface area contributed by atoms with Gasteiger partial charge in [0.05, 0.1) is 28.4 Å². The highest BCUT2D eigenvalue weighted by Gasteiger charge is 2.55. The van der Waals surface area contributed by atoms with Gasteiger partial charge in [-0.25, -0.2) is 13.4 Å². The van der Waals surface area contributed by atoms with Gasteiger partial charge >= 0.3 is 6.18 Å². The zero-order valence-corrected chi connectivity index (χ0v) is 18.0. The molecule has 1 aliphatic rings. The summed E-state index contributed by atoms with van der Waals surface area (Å²) in [4.78, 5) is 42.5. The van der Waals surface area contributed by atoms with Crippen molar-refractivity contribution in [2.75, 3.05) is 6.26 Å². The van der Waals surface area contributed by atoms with E-state index in [0.717, 1.165) is 12.3 Å². The molecule has 0 aliphatic heterocycles. The Labute approximate surface area is 171 Å². The number of halogens is 3. The second-order valence-corrected chi connectivity index (χ2v) is 9.94. The predicted molar refractivity (Wildman–Crippen MR) is 101 cm³/mol. The van der Waals surface area contributed by atoms with Gasteiger partial charge in [0, 0.05) is 11.3 Å². The molecule has 11 heteroatoms. The van der Waals surface area contributed by atoms with Crippen LogP contribution in [0.15, 0.2) is 23.4 Å². The van der Waals surface area contributed by atoms with Crippen molar-refractivity contribution in [2.45, 2.75) is 40.8 Å². The number of carbonyl (C=O) groups is 3. The molecule has 1 aromatic rings. The quantitative estimate of drug-likeness (QED) is 0.433. The molecule has 0 radical (unpaired) electrons. The molecule has 2 rings (SSSR count). The maximum atomic E-state index is 13.2. The first-order chi connectivity index (χ1) is 13.3. The lowest BCUT2D eigenvalue weighted by Gasteiger charge is -2.40. The lowest BCUT2D eigenvalue weighted by Crippen LogP contribution is -2.53. The van der Waals surface area contributed by atoms with E-state index < -0.39 is 61.3 Å². The Bertz CT molecular complexity index is 1100. The Morgan fingerprint density at radius 2 is 1.60 bits per heavy atom. The summed E-state index contributed by atoms with van der Waals surface area (Å²) in [6.07, 6.45) is -3.94. The van der Waals surface area contributed by atoms with Crippen LogP contribution in [0.4, 0.5) is 13.2 Å². The van der Waals surface area contributed by atoms with Gasteiger partial charge < -0.3 is 0 Å². The van der Waals surface area contributed by atoms with E-state index in [1.807, 2.05) is 0 Å². The molecule has 0 fully saturated rings. The molecule has 0 aromatic carbocycles. The first-order valence-corrected chi connectivity index (χ1v) is 10.6. The number of nitrogens with zero attached hydrogens (tertiary/aromatic N) is 1. The largest absolute Gasteiger partial charge is 0.433 e. The molecule has 30 heavy (non-hydrogen) atoms. The highest BCUT2D eigenvalue weighted by molar-refractivity contribution is 7.88. The van der Waals surface area contributed by atoms with Crippen LogP contribution in [-0.2, 0) is 25.8 Å². The normalized spacial score (nSPS) is 19.1. The molecule has 0 atom stereocenters. The van der Waals surface area contributed by atoms with E-state index in [9.17, 15) is 36.0 Å². The summed E-state index contributed by atoms with van der Waals surface area (Å²) in [5.74, 6) is -2.55. The third-order valence-electron chi connectivity index (χ3n) is 4.94. The first kappa shape index (κ1) is 23.7. The van der Waals surface area contributed by atoms with E-state index in [4.69, 9.17) is 0 Å². The minimum atomic E-state index is -4.73. The van der Waals surface area contributed by atoms with E-state index in [1.54, 1.807) is 0 Å². The fourth-order valence-electron chi connectivity index (χ4n) is 3.41. The molecular weight excluding hydrogens is 425 g/mol. The average Bonchev–Trinajstić information content (AvgIpc) is 2.57. The number of rotatable bonds is 4. The van der Waals surface area contributed by atoms with Gasteiger partial charge in [-0.2, -0.15) is 13.2 Å². The molecule has 1 N–H and O–H groups in total. The lowest BCUT2D eigenvalue weighted by atomic mass is 9.62. The SMILES string of the molecule is Cc1nc(C(F)(F)F)ccc1C(=O)C1=C(NS(C)(=O)=O)C(C)(C)C(=O)C(C)(C)C1=O. The maximum Gasteiger partial charge on any atom is 0.433 e. The molecule has 164 valence electrons. The topological polar surface area (TPSA) is 110 Å². The number of Topliss-reactive ketones (excluding diaryl/α,β-unsaturated/α-hetero) is 3. The molecule has 1 heterocycles. The fourth-order valence-corrected chi connectivity index (χ4v) is 4.14. The second-order valence-electron chi connectivity index (χ2n) is 8.19. The number of nitrogens with one attached hydrogen (secondary N) is 1. The van der Waals surface area contributed by atoms with Gasteiger partial charge in [0.25, 0.3) is 0 Å². The van der Waals surface area contributed by atoms with Crippen molar-refractivity contribution in [3.63, 3.8) is 0 Å². The van der Waals surface area contributed by atoms with Crippen molar-refractivity contribution >= 4 is 27.4 Å². The Morgan fingerprint density at radius 1 is 1.07 bits per heavy atom. The van der Waals surface area contributed by atoms with Gasteiger partial charge in [-0.3, -0.25) is 19.1 Å². The summed E-state index contributed by atoms with van der Waals surface area (Å²) < 4.78 is 64.5. The van der Waals surface area contributed by atoms with Gasteiger partial charge in [-0.1, -0.05) is 0 Å². The molecule has 0 spiro atoms. The number of alkyl halides is 3. The molecule has 0 bridgehead atoms. The minimum absolute atomic E-state index is 0.290. The van der Waals surface area contributed by atoms with E-state index in [2.05, 4.69) is 9.71 Å². The average molecular weight is 446 g/mol. The standard InChI is InChI=1S/C19H21F3N2O5S/c1-9-10(7-8-11(23-9)19(20,21)22)13(25)12-14(24-30(6,28)29)17(2,3)16(27)18(4,5)15(12)26/h7-8,24H,1-6H3. The number of sulfonamides is 1. The Morgan fingerprint density at radius 3 is 2.03 bits per heavy atom. The van der Waals surface area contributed by atoms with Crippen LogP contribution in [-0.4, -0.2) is 37.0 Å². The molecule has 0 amide bonds. The number of ketones is 3. The van der Waals surface area contributed by atoms with Crippen molar-refractivity contribution in [3.05, 3.63) is 40.4 Å². The zero-order valence-electron chi connectivity index (χ0n) is 17.2. The van der Waals surface area contributed by atoms with Crippen LogP contribution in [0.3, 0.4) is 0 Å². The van der Waals surface area contributed by atoms with Crippen LogP contribution in [0.25, 0.3) is 0 Å². The fraction of sp³-hybridized carbons (Fsp3) is 0.474. The monoisotopic (exact) mass is 446 g/mol. The summed E-state index contributed by atoms with van der Waals surface area (Å²) in [6, 6.07) is 1.47. The van der Waals surface area contributed by atoms with Crippen LogP contribution in [0.1, 0.15) is 49.4 Å². The Balaban J connectivity index is 2.81. The highest BCUT2D eigenvalue weighted by Crippen LogP contribution is 2.44. The van der Waals surface area contributed by atoms with Crippen molar-refractivity contribution in [3.8, 4) is 0 Å². The molecule has 1 aliphatic carbocycles. The Kier molecular flexibility index (Phi) is 5.53. The highest BCUT2D eigenvalue weighted by atomic mass is 32.2. The van der Waals surface area contributed by atoms with Crippen molar-refractivity contribution in [2.24, 2.45) is 10.8 Å². The minimum Gasteiger partial charge on any atom is -0.298 e. The molecular formula is C19H21F3N2O5S. The number of carbonyl (C=O) groups excluding carboxylic acids is 3. The van der Waals surface area contributed by atoms with Gasteiger partial charge in [-0.05, 0) is 46.8 Å². The van der Waals surface area contributed by atoms with Gasteiger partial charge in [0.2, 0.25) is 10.0 Å². The first-order valence-electron chi connectivity index (χ1n) is 8.73. The maximum absolute atomic E-state index is 13.2. The van der Waals surface area contributed by atoms with Crippen LogP contribution in [0.2, 0.25) is 0 Å². The molecule has 0 unspecified atom stereocenters. The number of hydrogen-bond donors (Lipinski definition) is 1.